The monoisotopic (exact) mass is 417 g/mol. The Morgan fingerprint density at radius 2 is 1.92 bits per heavy atom. The van der Waals surface area contributed by atoms with Crippen LogP contribution in [0.3, 0.4) is 0 Å². The lowest BCUT2D eigenvalue weighted by Crippen LogP contribution is -2.31. The van der Waals surface area contributed by atoms with Crippen molar-refractivity contribution in [3.05, 3.63) is 58.2 Å². The standard InChI is InChI=1S/C20H24BrN3O2/c1-2-26-20(25)17-6-9-19(22-14-17)24-11-3-10-23(12-13-24)15-16-4-7-18(21)8-5-16/h4-9,14H,2-3,10-13,15H2,1H3. The number of benzene rings is 1. The number of carbonyl (C=O) groups excluding carboxylic acids is 1. The number of rotatable bonds is 5. The predicted molar refractivity (Wildman–Crippen MR) is 106 cm³/mol. The molecule has 0 aliphatic carbocycles. The van der Waals surface area contributed by atoms with Crippen LogP contribution in [0, 0.1) is 0 Å². The molecular weight excluding hydrogens is 394 g/mol. The minimum Gasteiger partial charge on any atom is -0.462 e. The molecule has 26 heavy (non-hydrogen) atoms. The average molecular weight is 418 g/mol. The molecule has 0 unspecified atom stereocenters. The first-order chi connectivity index (χ1) is 12.7. The van der Waals surface area contributed by atoms with Crippen molar-refractivity contribution in [2.75, 3.05) is 37.7 Å². The van der Waals surface area contributed by atoms with E-state index in [1.54, 1.807) is 19.2 Å². The lowest BCUT2D eigenvalue weighted by Gasteiger charge is -2.23. The van der Waals surface area contributed by atoms with Crippen LogP contribution in [0.2, 0.25) is 0 Å². The highest BCUT2D eigenvalue weighted by Crippen LogP contribution is 2.17. The van der Waals surface area contributed by atoms with Crippen molar-refractivity contribution >= 4 is 27.7 Å². The Morgan fingerprint density at radius 3 is 2.62 bits per heavy atom. The zero-order valence-corrected chi connectivity index (χ0v) is 16.6. The maximum atomic E-state index is 11.7. The molecule has 2 heterocycles. The maximum Gasteiger partial charge on any atom is 0.339 e. The van der Waals surface area contributed by atoms with Gasteiger partial charge in [-0.3, -0.25) is 4.90 Å². The third-order valence-corrected chi connectivity index (χ3v) is 5.02. The number of carbonyl (C=O) groups is 1. The summed E-state index contributed by atoms with van der Waals surface area (Å²) in [6.07, 6.45) is 2.70. The van der Waals surface area contributed by atoms with Gasteiger partial charge in [-0.15, -0.1) is 0 Å². The fraction of sp³-hybridized carbons (Fsp3) is 0.400. The Morgan fingerprint density at radius 1 is 1.12 bits per heavy atom. The SMILES string of the molecule is CCOC(=O)c1ccc(N2CCCN(Cc3ccc(Br)cc3)CC2)nc1. The molecule has 5 nitrogen and oxygen atoms in total. The summed E-state index contributed by atoms with van der Waals surface area (Å²) in [6, 6.07) is 12.2. The van der Waals surface area contributed by atoms with E-state index in [1.807, 2.05) is 6.07 Å². The summed E-state index contributed by atoms with van der Waals surface area (Å²) in [6.45, 7) is 7.13. The molecular formula is C20H24BrN3O2. The van der Waals surface area contributed by atoms with Crippen LogP contribution >= 0.6 is 15.9 Å². The van der Waals surface area contributed by atoms with E-state index in [9.17, 15) is 4.79 Å². The predicted octanol–water partition coefficient (Wildman–Crippen LogP) is 3.73. The van der Waals surface area contributed by atoms with E-state index < -0.39 is 0 Å². The topological polar surface area (TPSA) is 45.7 Å². The van der Waals surface area contributed by atoms with E-state index in [4.69, 9.17) is 4.74 Å². The highest BCUT2D eigenvalue weighted by molar-refractivity contribution is 9.10. The van der Waals surface area contributed by atoms with Crippen LogP contribution in [0.5, 0.6) is 0 Å². The second kappa shape index (κ2) is 9.14. The smallest absolute Gasteiger partial charge is 0.339 e. The molecule has 0 N–H and O–H groups in total. The van der Waals surface area contributed by atoms with E-state index in [0.717, 1.165) is 49.4 Å². The zero-order chi connectivity index (χ0) is 18.4. The van der Waals surface area contributed by atoms with Crippen LogP contribution in [0.1, 0.15) is 29.3 Å². The van der Waals surface area contributed by atoms with Crippen LogP contribution in [0.4, 0.5) is 5.82 Å². The minimum atomic E-state index is -0.317. The Labute approximate surface area is 163 Å². The van der Waals surface area contributed by atoms with Crippen molar-refractivity contribution in [1.29, 1.82) is 0 Å². The van der Waals surface area contributed by atoms with Gasteiger partial charge < -0.3 is 9.64 Å². The Bertz CT molecular complexity index is 719. The fourth-order valence-electron chi connectivity index (χ4n) is 3.11. The Kier molecular flexibility index (Phi) is 6.63. The normalized spacial score (nSPS) is 15.5. The second-order valence-electron chi connectivity index (χ2n) is 6.37. The van der Waals surface area contributed by atoms with Crippen molar-refractivity contribution in [1.82, 2.24) is 9.88 Å². The quantitative estimate of drug-likeness (QED) is 0.693. The van der Waals surface area contributed by atoms with Crippen LogP contribution in [0.25, 0.3) is 0 Å². The van der Waals surface area contributed by atoms with Gasteiger partial charge in [0.2, 0.25) is 0 Å². The van der Waals surface area contributed by atoms with Crippen LogP contribution in [-0.4, -0.2) is 48.6 Å². The molecule has 1 fully saturated rings. The van der Waals surface area contributed by atoms with E-state index in [2.05, 4.69) is 55.0 Å². The highest BCUT2D eigenvalue weighted by Gasteiger charge is 2.17. The van der Waals surface area contributed by atoms with Gasteiger partial charge in [0, 0.05) is 43.4 Å². The van der Waals surface area contributed by atoms with Gasteiger partial charge in [0.15, 0.2) is 0 Å². The van der Waals surface area contributed by atoms with E-state index in [-0.39, 0.29) is 5.97 Å². The van der Waals surface area contributed by atoms with Crippen LogP contribution in [0.15, 0.2) is 47.1 Å². The van der Waals surface area contributed by atoms with Crippen LogP contribution in [-0.2, 0) is 11.3 Å². The first kappa shape index (κ1) is 18.9. The number of pyridine rings is 1. The van der Waals surface area contributed by atoms with Crippen molar-refractivity contribution in [2.24, 2.45) is 0 Å². The highest BCUT2D eigenvalue weighted by atomic mass is 79.9. The number of anilines is 1. The summed E-state index contributed by atoms with van der Waals surface area (Å²) in [4.78, 5) is 21.0. The van der Waals surface area contributed by atoms with Gasteiger partial charge >= 0.3 is 5.97 Å². The van der Waals surface area contributed by atoms with E-state index in [0.29, 0.717) is 12.2 Å². The molecule has 1 saturated heterocycles. The molecule has 1 aliphatic heterocycles. The zero-order valence-electron chi connectivity index (χ0n) is 15.0. The summed E-state index contributed by atoms with van der Waals surface area (Å²) in [5, 5.41) is 0. The third-order valence-electron chi connectivity index (χ3n) is 4.49. The average Bonchev–Trinajstić information content (AvgIpc) is 2.90. The molecule has 6 heteroatoms. The van der Waals surface area contributed by atoms with Gasteiger partial charge in [0.25, 0.3) is 0 Å². The lowest BCUT2D eigenvalue weighted by atomic mass is 10.2. The molecule has 0 radical (unpaired) electrons. The van der Waals surface area contributed by atoms with Gasteiger partial charge in [0.05, 0.1) is 12.2 Å². The molecule has 1 aromatic carbocycles. The summed E-state index contributed by atoms with van der Waals surface area (Å²) in [5.74, 6) is 0.603. The van der Waals surface area contributed by atoms with Crippen molar-refractivity contribution in [2.45, 2.75) is 19.9 Å². The van der Waals surface area contributed by atoms with Gasteiger partial charge in [-0.25, -0.2) is 9.78 Å². The number of hydrogen-bond acceptors (Lipinski definition) is 5. The second-order valence-corrected chi connectivity index (χ2v) is 7.28. The number of nitrogens with zero attached hydrogens (tertiary/aromatic N) is 3. The summed E-state index contributed by atoms with van der Waals surface area (Å²) >= 11 is 3.48. The lowest BCUT2D eigenvalue weighted by molar-refractivity contribution is 0.0526. The molecule has 0 spiro atoms. The summed E-state index contributed by atoms with van der Waals surface area (Å²) in [5.41, 5.74) is 1.83. The third kappa shape index (κ3) is 5.05. The Hall–Kier alpha value is -1.92. The summed E-state index contributed by atoms with van der Waals surface area (Å²) < 4.78 is 6.12. The molecule has 138 valence electrons. The van der Waals surface area contributed by atoms with E-state index >= 15 is 0 Å². The maximum absolute atomic E-state index is 11.7. The first-order valence-electron chi connectivity index (χ1n) is 9.00. The summed E-state index contributed by atoms with van der Waals surface area (Å²) in [7, 11) is 0. The molecule has 1 aromatic heterocycles. The molecule has 3 rings (SSSR count). The fourth-order valence-corrected chi connectivity index (χ4v) is 3.38. The minimum absolute atomic E-state index is 0.317. The number of ether oxygens (including phenoxy) is 1. The van der Waals surface area contributed by atoms with Crippen LogP contribution < -0.4 is 4.90 Å². The van der Waals surface area contributed by atoms with Gasteiger partial charge in [0.1, 0.15) is 5.82 Å². The largest absolute Gasteiger partial charge is 0.462 e. The Balaban J connectivity index is 1.57. The van der Waals surface area contributed by atoms with Gasteiger partial charge in [-0.1, -0.05) is 28.1 Å². The molecule has 2 aromatic rings. The molecule has 0 saturated carbocycles. The van der Waals surface area contributed by atoms with E-state index in [1.165, 1.54) is 5.56 Å². The molecule has 1 aliphatic rings. The molecule has 0 atom stereocenters. The number of halogens is 1. The number of aromatic nitrogens is 1. The molecule has 0 bridgehead atoms. The van der Waals surface area contributed by atoms with Gasteiger partial charge in [-0.05, 0) is 43.2 Å². The van der Waals surface area contributed by atoms with Crippen molar-refractivity contribution in [3.63, 3.8) is 0 Å². The van der Waals surface area contributed by atoms with Crippen molar-refractivity contribution < 1.29 is 9.53 Å². The first-order valence-corrected chi connectivity index (χ1v) is 9.80. The van der Waals surface area contributed by atoms with Crippen molar-refractivity contribution in [3.8, 4) is 0 Å². The number of esters is 1. The van der Waals surface area contributed by atoms with Gasteiger partial charge in [-0.2, -0.15) is 0 Å². The number of hydrogen-bond donors (Lipinski definition) is 0. The molecule has 0 amide bonds.